The zero-order valence-electron chi connectivity index (χ0n) is 8.05. The SMILES string of the molecule is CC(O)(O)C(O)(O)C(O)(O)C(O)C(O)(O)O. The van der Waals surface area contributed by atoms with E-state index in [1.54, 1.807) is 0 Å². The van der Waals surface area contributed by atoms with Crippen LogP contribution in [0.25, 0.3) is 0 Å². The molecule has 0 radical (unpaired) electrons. The van der Waals surface area contributed by atoms with E-state index < -0.39 is 29.4 Å². The summed E-state index contributed by atoms with van der Waals surface area (Å²) in [6.07, 6.45) is -3.35. The van der Waals surface area contributed by atoms with Gasteiger partial charge < -0.3 is 51.1 Å². The van der Waals surface area contributed by atoms with Crippen molar-refractivity contribution in [3.05, 3.63) is 0 Å². The summed E-state index contributed by atoms with van der Waals surface area (Å²) >= 11 is 0. The Morgan fingerprint density at radius 2 is 1.06 bits per heavy atom. The molecule has 0 fully saturated rings. The van der Waals surface area contributed by atoms with Gasteiger partial charge in [-0.05, 0) is 6.92 Å². The third-order valence-corrected chi connectivity index (χ3v) is 1.92. The van der Waals surface area contributed by atoms with Crippen molar-refractivity contribution in [3.8, 4) is 0 Å². The van der Waals surface area contributed by atoms with Crippen molar-refractivity contribution in [3.63, 3.8) is 0 Å². The second kappa shape index (κ2) is 3.82. The molecule has 10 nitrogen and oxygen atoms in total. The quantitative estimate of drug-likeness (QED) is 0.213. The Kier molecular flexibility index (Phi) is 3.72. The zero-order valence-corrected chi connectivity index (χ0v) is 8.05. The Morgan fingerprint density at radius 1 is 0.750 bits per heavy atom. The summed E-state index contributed by atoms with van der Waals surface area (Å²) < 4.78 is 0. The molecule has 0 rings (SSSR count). The highest BCUT2D eigenvalue weighted by atomic mass is 16.7. The lowest BCUT2D eigenvalue weighted by molar-refractivity contribution is -0.495. The molecule has 0 amide bonds. The number of hydrogen-bond acceptors (Lipinski definition) is 10. The van der Waals surface area contributed by atoms with E-state index in [9.17, 15) is 0 Å². The Morgan fingerprint density at radius 3 is 1.25 bits per heavy atom. The first-order valence-corrected chi connectivity index (χ1v) is 3.85. The maximum absolute atomic E-state index is 8.99. The molecule has 0 aromatic carbocycles. The minimum atomic E-state index is -4.26. The Labute approximate surface area is 88.5 Å². The van der Waals surface area contributed by atoms with Crippen molar-refractivity contribution in [2.75, 3.05) is 0 Å². The van der Waals surface area contributed by atoms with Crippen molar-refractivity contribution in [1.82, 2.24) is 0 Å². The highest BCUT2D eigenvalue weighted by Gasteiger charge is 2.66. The van der Waals surface area contributed by atoms with E-state index in [2.05, 4.69) is 0 Å². The molecule has 0 spiro atoms. The van der Waals surface area contributed by atoms with E-state index >= 15 is 0 Å². The molecule has 0 heterocycles. The summed E-state index contributed by atoms with van der Waals surface area (Å²) in [6.45, 7) is 0.300. The van der Waals surface area contributed by atoms with Gasteiger partial charge in [0.25, 0.3) is 11.6 Å². The lowest BCUT2D eigenvalue weighted by Crippen LogP contribution is -2.74. The molecule has 0 saturated heterocycles. The zero-order chi connectivity index (χ0) is 13.6. The monoisotopic (exact) mass is 246 g/mol. The lowest BCUT2D eigenvalue weighted by atomic mass is 9.91. The van der Waals surface area contributed by atoms with Gasteiger partial charge in [0.15, 0.2) is 6.10 Å². The summed E-state index contributed by atoms with van der Waals surface area (Å²) in [6, 6.07) is 0. The van der Waals surface area contributed by atoms with Crippen LogP contribution in [0.3, 0.4) is 0 Å². The molecule has 0 aromatic heterocycles. The Balaban J connectivity index is 5.37. The van der Waals surface area contributed by atoms with Crippen molar-refractivity contribution in [1.29, 1.82) is 0 Å². The minimum absolute atomic E-state index is 0.300. The van der Waals surface area contributed by atoms with Crippen molar-refractivity contribution < 1.29 is 51.1 Å². The van der Waals surface area contributed by atoms with Gasteiger partial charge in [-0.25, -0.2) is 0 Å². The smallest absolute Gasteiger partial charge is 0.308 e. The number of aliphatic hydroxyl groups is 10. The first kappa shape index (κ1) is 15.6. The van der Waals surface area contributed by atoms with Crippen molar-refractivity contribution in [2.24, 2.45) is 0 Å². The van der Waals surface area contributed by atoms with E-state index in [1.165, 1.54) is 0 Å². The topological polar surface area (TPSA) is 202 Å². The predicted octanol–water partition coefficient (Wildman–Crippen LogP) is -5.96. The van der Waals surface area contributed by atoms with E-state index in [0.29, 0.717) is 6.92 Å². The van der Waals surface area contributed by atoms with Crippen LogP contribution >= 0.6 is 0 Å². The summed E-state index contributed by atoms with van der Waals surface area (Å²) in [4.78, 5) is 0. The van der Waals surface area contributed by atoms with Gasteiger partial charge >= 0.3 is 5.97 Å². The minimum Gasteiger partial charge on any atom is -0.380 e. The Hall–Kier alpha value is -0.400. The van der Waals surface area contributed by atoms with Crippen LogP contribution in [0.1, 0.15) is 6.92 Å². The van der Waals surface area contributed by atoms with E-state index in [-0.39, 0.29) is 0 Å². The van der Waals surface area contributed by atoms with Crippen LogP contribution in [-0.2, 0) is 0 Å². The van der Waals surface area contributed by atoms with Crippen LogP contribution in [0, 0.1) is 0 Å². The predicted molar refractivity (Wildman–Crippen MR) is 42.6 cm³/mol. The molecule has 0 bridgehead atoms. The second-order valence-corrected chi connectivity index (χ2v) is 3.51. The number of aliphatic hydroxyl groups excluding tert-OH is 1. The standard InChI is InChI=1S/C6H14O10/c1-3(8,9)6(15,16)4(10,11)2(7)5(12,13)14/h2,7-16H,1H3. The summed E-state index contributed by atoms with van der Waals surface area (Å²) in [7, 11) is 0. The first-order valence-electron chi connectivity index (χ1n) is 3.85. The molecule has 0 aliphatic rings. The van der Waals surface area contributed by atoms with E-state index in [0.717, 1.165) is 0 Å². The van der Waals surface area contributed by atoms with Crippen LogP contribution in [0.4, 0.5) is 0 Å². The summed E-state index contributed by atoms with van der Waals surface area (Å²) in [5.41, 5.74) is 0. The molecule has 0 saturated carbocycles. The normalized spacial score (nSPS) is 17.4. The number of rotatable bonds is 4. The molecule has 10 N–H and O–H groups in total. The van der Waals surface area contributed by atoms with Gasteiger partial charge in [0.1, 0.15) is 0 Å². The van der Waals surface area contributed by atoms with Crippen molar-refractivity contribution in [2.45, 2.75) is 36.4 Å². The first-order chi connectivity index (χ1) is 6.65. The van der Waals surface area contributed by atoms with Crippen molar-refractivity contribution >= 4 is 0 Å². The highest BCUT2D eigenvalue weighted by Crippen LogP contribution is 2.32. The van der Waals surface area contributed by atoms with Crippen LogP contribution in [0.15, 0.2) is 0 Å². The van der Waals surface area contributed by atoms with E-state index in [1.807, 2.05) is 0 Å². The fraction of sp³-hybridized carbons (Fsp3) is 1.00. The molecule has 0 aromatic rings. The molecule has 16 heavy (non-hydrogen) atoms. The second-order valence-electron chi connectivity index (χ2n) is 3.51. The van der Waals surface area contributed by atoms with Crippen LogP contribution in [-0.4, -0.2) is 80.5 Å². The van der Waals surface area contributed by atoms with Gasteiger partial charge in [0.2, 0.25) is 5.79 Å². The molecule has 10 heteroatoms. The molecule has 1 unspecified atom stereocenters. The third-order valence-electron chi connectivity index (χ3n) is 1.92. The third kappa shape index (κ3) is 2.46. The van der Waals surface area contributed by atoms with Crippen LogP contribution in [0.5, 0.6) is 0 Å². The van der Waals surface area contributed by atoms with E-state index in [4.69, 9.17) is 51.1 Å². The summed E-state index contributed by atoms with van der Waals surface area (Å²) in [5.74, 6) is -16.1. The van der Waals surface area contributed by atoms with Gasteiger partial charge in [-0.15, -0.1) is 0 Å². The molecule has 0 aliphatic carbocycles. The fourth-order valence-electron chi connectivity index (χ4n) is 0.809. The highest BCUT2D eigenvalue weighted by molar-refractivity contribution is 4.97. The maximum atomic E-state index is 8.99. The van der Waals surface area contributed by atoms with Gasteiger partial charge in [-0.1, -0.05) is 0 Å². The average Bonchev–Trinajstić information content (AvgIpc) is 1.98. The molecular weight excluding hydrogens is 232 g/mol. The average molecular weight is 246 g/mol. The molecule has 1 atom stereocenters. The molecule has 0 aliphatic heterocycles. The van der Waals surface area contributed by atoms with Crippen LogP contribution < -0.4 is 0 Å². The fourth-order valence-corrected chi connectivity index (χ4v) is 0.809. The lowest BCUT2D eigenvalue weighted by Gasteiger charge is -2.44. The van der Waals surface area contributed by atoms with Gasteiger partial charge in [0.05, 0.1) is 0 Å². The van der Waals surface area contributed by atoms with Gasteiger partial charge in [0, 0.05) is 0 Å². The number of hydrogen-bond donors (Lipinski definition) is 10. The summed E-state index contributed by atoms with van der Waals surface area (Å²) in [5, 5.41) is 87.5. The molecular formula is C6H14O10. The van der Waals surface area contributed by atoms with Gasteiger partial charge in [-0.2, -0.15) is 0 Å². The van der Waals surface area contributed by atoms with Crippen LogP contribution in [0.2, 0.25) is 0 Å². The molecule has 98 valence electrons. The Bertz CT molecular complexity index is 245. The van der Waals surface area contributed by atoms with Gasteiger partial charge in [-0.3, -0.25) is 0 Å². The maximum Gasteiger partial charge on any atom is 0.308 e. The largest absolute Gasteiger partial charge is 0.380 e.